The molecule has 0 aliphatic rings. The smallest absolute Gasteiger partial charge is 0.322 e. The molecule has 0 rings (SSSR count). The van der Waals surface area contributed by atoms with E-state index in [4.69, 9.17) is 5.26 Å². The maximum atomic E-state index is 11.1. The molecular weight excluding hydrogens is 200 g/mol. The van der Waals surface area contributed by atoms with Gasteiger partial charge < -0.3 is 10.2 Å². The summed E-state index contributed by atoms with van der Waals surface area (Å²) in [7, 11) is 1.18. The summed E-state index contributed by atoms with van der Waals surface area (Å²) in [6.07, 6.45) is 1.44. The number of amides is 3. The highest BCUT2D eigenvalue weighted by Gasteiger charge is 2.14. The summed E-state index contributed by atoms with van der Waals surface area (Å²) in [6.45, 7) is 3.58. The predicted octanol–water partition coefficient (Wildman–Crippen LogP) is -0.476. The summed E-state index contributed by atoms with van der Waals surface area (Å²) >= 11 is 0. The first-order valence-electron chi connectivity index (χ1n) is 3.87. The van der Waals surface area contributed by atoms with E-state index in [1.54, 1.807) is 0 Å². The van der Waals surface area contributed by atoms with Gasteiger partial charge in [0.05, 0.1) is 0 Å². The zero-order valence-electron chi connectivity index (χ0n) is 8.11. The van der Waals surface area contributed by atoms with Crippen LogP contribution in [0.25, 0.3) is 0 Å². The maximum Gasteiger partial charge on any atom is 0.322 e. The number of rotatable bonds is 4. The Morgan fingerprint density at radius 3 is 2.80 bits per heavy atom. The number of hydrogen-bond acceptors (Lipinski definition) is 5. The standard InChI is InChI=1S/C8H10N4O3/c1-3-4-10-8(14)11-7(13)6(5-9)12-15-2/h3H,1,4H2,2H3,(H2,10,11,13,14)/b12-6+. The van der Waals surface area contributed by atoms with Crippen molar-refractivity contribution >= 4 is 17.6 Å². The lowest BCUT2D eigenvalue weighted by molar-refractivity contribution is -0.113. The largest absolute Gasteiger partial charge is 0.398 e. The number of oxime groups is 1. The van der Waals surface area contributed by atoms with Gasteiger partial charge in [-0.1, -0.05) is 11.2 Å². The number of urea groups is 1. The van der Waals surface area contributed by atoms with Crippen molar-refractivity contribution in [3.8, 4) is 6.07 Å². The summed E-state index contributed by atoms with van der Waals surface area (Å²) in [4.78, 5) is 26.3. The molecule has 0 aromatic carbocycles. The Bertz CT molecular complexity index is 329. The molecule has 80 valence electrons. The van der Waals surface area contributed by atoms with Crippen molar-refractivity contribution in [3.05, 3.63) is 12.7 Å². The molecule has 0 saturated carbocycles. The van der Waals surface area contributed by atoms with Gasteiger partial charge in [0, 0.05) is 6.54 Å². The second-order valence-electron chi connectivity index (χ2n) is 2.19. The predicted molar refractivity (Wildman–Crippen MR) is 51.8 cm³/mol. The average molecular weight is 210 g/mol. The van der Waals surface area contributed by atoms with E-state index >= 15 is 0 Å². The molecule has 0 unspecified atom stereocenters. The zero-order chi connectivity index (χ0) is 11.7. The van der Waals surface area contributed by atoms with Gasteiger partial charge in [-0.2, -0.15) is 5.26 Å². The van der Waals surface area contributed by atoms with Gasteiger partial charge in [0.2, 0.25) is 5.71 Å². The molecule has 0 bridgehead atoms. The highest BCUT2D eigenvalue weighted by Crippen LogP contribution is 1.79. The molecule has 15 heavy (non-hydrogen) atoms. The number of imide groups is 1. The number of nitrogens with zero attached hydrogens (tertiary/aromatic N) is 2. The Morgan fingerprint density at radius 2 is 2.33 bits per heavy atom. The van der Waals surface area contributed by atoms with Crippen molar-refractivity contribution in [1.29, 1.82) is 5.26 Å². The third-order valence-electron chi connectivity index (χ3n) is 1.14. The first kappa shape index (κ1) is 12.6. The molecule has 2 N–H and O–H groups in total. The lowest BCUT2D eigenvalue weighted by Crippen LogP contribution is -2.42. The van der Waals surface area contributed by atoms with Gasteiger partial charge in [-0.05, 0) is 0 Å². The van der Waals surface area contributed by atoms with E-state index in [2.05, 4.69) is 21.9 Å². The summed E-state index contributed by atoms with van der Waals surface area (Å²) in [5.41, 5.74) is -0.536. The molecule has 0 aromatic rings. The Balaban J connectivity index is 4.24. The van der Waals surface area contributed by atoms with Gasteiger partial charge in [-0.3, -0.25) is 10.1 Å². The van der Waals surface area contributed by atoms with Gasteiger partial charge >= 0.3 is 6.03 Å². The first-order chi connectivity index (χ1) is 7.15. The third kappa shape index (κ3) is 5.05. The number of carbonyl (C=O) groups is 2. The van der Waals surface area contributed by atoms with E-state index in [1.807, 2.05) is 5.32 Å². The van der Waals surface area contributed by atoms with Crippen LogP contribution in [0.2, 0.25) is 0 Å². The lowest BCUT2D eigenvalue weighted by Gasteiger charge is -2.02. The average Bonchev–Trinajstić information content (AvgIpc) is 2.22. The van der Waals surface area contributed by atoms with E-state index in [0.717, 1.165) is 0 Å². The van der Waals surface area contributed by atoms with Crippen molar-refractivity contribution in [3.63, 3.8) is 0 Å². The van der Waals surface area contributed by atoms with Crippen molar-refractivity contribution in [2.24, 2.45) is 5.16 Å². The first-order valence-corrected chi connectivity index (χ1v) is 3.87. The van der Waals surface area contributed by atoms with Crippen LogP contribution in [-0.4, -0.2) is 31.3 Å². The molecule has 7 nitrogen and oxygen atoms in total. The molecular formula is C8H10N4O3. The molecule has 0 aromatic heterocycles. The molecule has 0 aliphatic carbocycles. The topological polar surface area (TPSA) is 104 Å². The van der Waals surface area contributed by atoms with Crippen LogP contribution >= 0.6 is 0 Å². The molecule has 0 heterocycles. The molecule has 7 heteroatoms. The third-order valence-corrected chi connectivity index (χ3v) is 1.14. The number of nitriles is 1. The Morgan fingerprint density at radius 1 is 1.67 bits per heavy atom. The summed E-state index contributed by atoms with van der Waals surface area (Å²) in [6, 6.07) is 0.740. The van der Waals surface area contributed by atoms with Crippen molar-refractivity contribution < 1.29 is 14.4 Å². The SMILES string of the molecule is C=CCNC(=O)NC(=O)/C(C#N)=N/OC. The fourth-order valence-corrected chi connectivity index (χ4v) is 0.575. The van der Waals surface area contributed by atoms with Gasteiger partial charge in [-0.25, -0.2) is 4.79 Å². The normalized spacial score (nSPS) is 9.73. The van der Waals surface area contributed by atoms with Crippen LogP contribution in [0, 0.1) is 11.3 Å². The highest BCUT2D eigenvalue weighted by molar-refractivity contribution is 6.46. The number of nitrogens with one attached hydrogen (secondary N) is 2. The van der Waals surface area contributed by atoms with E-state index in [9.17, 15) is 9.59 Å². The van der Waals surface area contributed by atoms with Gasteiger partial charge in [0.25, 0.3) is 5.91 Å². The van der Waals surface area contributed by atoms with Gasteiger partial charge in [0.15, 0.2) is 0 Å². The second-order valence-corrected chi connectivity index (χ2v) is 2.19. The van der Waals surface area contributed by atoms with E-state index in [0.29, 0.717) is 0 Å². The van der Waals surface area contributed by atoms with Crippen LogP contribution < -0.4 is 10.6 Å². The second kappa shape index (κ2) is 7.08. The van der Waals surface area contributed by atoms with Gasteiger partial charge in [-0.15, -0.1) is 6.58 Å². The Kier molecular flexibility index (Phi) is 5.97. The fraction of sp³-hybridized carbons (Fsp3) is 0.250. The molecule has 3 amide bonds. The Hall–Kier alpha value is -2.36. The van der Waals surface area contributed by atoms with Crippen LogP contribution in [0.3, 0.4) is 0 Å². The van der Waals surface area contributed by atoms with E-state index in [-0.39, 0.29) is 6.54 Å². The monoisotopic (exact) mass is 210 g/mol. The summed E-state index contributed by atoms with van der Waals surface area (Å²) in [5, 5.41) is 15.7. The van der Waals surface area contributed by atoms with Crippen molar-refractivity contribution in [1.82, 2.24) is 10.6 Å². The molecule has 0 saturated heterocycles. The van der Waals surface area contributed by atoms with Crippen LogP contribution in [-0.2, 0) is 9.63 Å². The summed E-state index contributed by atoms with van der Waals surface area (Å²) in [5.74, 6) is -0.930. The van der Waals surface area contributed by atoms with E-state index in [1.165, 1.54) is 19.3 Å². The Labute approximate surface area is 86.4 Å². The van der Waals surface area contributed by atoms with Crippen molar-refractivity contribution in [2.45, 2.75) is 0 Å². The minimum atomic E-state index is -0.930. The van der Waals surface area contributed by atoms with Crippen molar-refractivity contribution in [2.75, 3.05) is 13.7 Å². The van der Waals surface area contributed by atoms with E-state index < -0.39 is 17.6 Å². The number of hydrogen-bond donors (Lipinski definition) is 2. The molecule has 0 fully saturated rings. The molecule has 0 aliphatic heterocycles. The number of carbonyl (C=O) groups excluding carboxylic acids is 2. The molecule has 0 spiro atoms. The zero-order valence-corrected chi connectivity index (χ0v) is 8.11. The highest BCUT2D eigenvalue weighted by atomic mass is 16.6. The van der Waals surface area contributed by atoms with Crippen LogP contribution in [0.4, 0.5) is 4.79 Å². The fourth-order valence-electron chi connectivity index (χ4n) is 0.575. The molecule has 0 atom stereocenters. The minimum absolute atomic E-state index is 0.211. The van der Waals surface area contributed by atoms with Crippen LogP contribution in [0.1, 0.15) is 0 Å². The maximum absolute atomic E-state index is 11.1. The van der Waals surface area contributed by atoms with Crippen LogP contribution in [0.5, 0.6) is 0 Å². The van der Waals surface area contributed by atoms with Gasteiger partial charge in [0.1, 0.15) is 13.2 Å². The summed E-state index contributed by atoms with van der Waals surface area (Å²) < 4.78 is 0. The minimum Gasteiger partial charge on any atom is -0.398 e. The van der Waals surface area contributed by atoms with Crippen LogP contribution in [0.15, 0.2) is 17.8 Å². The quantitative estimate of drug-likeness (QED) is 0.371. The lowest BCUT2D eigenvalue weighted by atomic mass is 10.4. The molecule has 0 radical (unpaired) electrons.